The lowest BCUT2D eigenvalue weighted by Gasteiger charge is -2.27. The van der Waals surface area contributed by atoms with Gasteiger partial charge in [0.2, 0.25) is 0 Å². The molecule has 0 fully saturated rings. The predicted molar refractivity (Wildman–Crippen MR) is 79.1 cm³/mol. The summed E-state index contributed by atoms with van der Waals surface area (Å²) in [5.74, 6) is 0.595. The van der Waals surface area contributed by atoms with Gasteiger partial charge in [-0.3, -0.25) is 4.99 Å². The molecule has 0 atom stereocenters. The number of guanidine groups is 1. The summed E-state index contributed by atoms with van der Waals surface area (Å²) in [7, 11) is 1.74. The molecule has 0 aliphatic heterocycles. The third kappa shape index (κ3) is 4.54. The zero-order valence-electron chi connectivity index (χ0n) is 12.3. The molecule has 0 aliphatic carbocycles. The summed E-state index contributed by atoms with van der Waals surface area (Å²) in [4.78, 5) is 4.15. The molecule has 0 saturated carbocycles. The summed E-state index contributed by atoms with van der Waals surface area (Å²) in [6.45, 7) is 7.64. The maximum Gasteiger partial charge on any atom is 0.191 e. The van der Waals surface area contributed by atoms with Crippen LogP contribution in [0.15, 0.2) is 29.3 Å². The summed E-state index contributed by atoms with van der Waals surface area (Å²) in [5.41, 5.74) is 0.420. The van der Waals surface area contributed by atoms with E-state index in [1.165, 1.54) is 6.07 Å². The van der Waals surface area contributed by atoms with E-state index < -0.39 is 0 Å². The van der Waals surface area contributed by atoms with Gasteiger partial charge in [-0.25, -0.2) is 4.39 Å². The molecule has 0 saturated heterocycles. The number of nitrogens with one attached hydrogen (secondary N) is 2. The first-order valence-corrected chi connectivity index (χ1v) is 6.70. The van der Waals surface area contributed by atoms with Gasteiger partial charge in [0, 0.05) is 25.6 Å². The van der Waals surface area contributed by atoms with Crippen LogP contribution in [0, 0.1) is 5.82 Å². The topological polar surface area (TPSA) is 36.4 Å². The highest BCUT2D eigenvalue weighted by Crippen LogP contribution is 2.24. The summed E-state index contributed by atoms with van der Waals surface area (Å²) in [6.07, 6.45) is 1.04. The van der Waals surface area contributed by atoms with Gasteiger partial charge >= 0.3 is 0 Å². The first kappa shape index (κ1) is 15.5. The Bertz CT molecular complexity index is 427. The van der Waals surface area contributed by atoms with Gasteiger partial charge in [0.25, 0.3) is 0 Å². The number of aliphatic imine (C=N–C) groups is 1. The Morgan fingerprint density at radius 3 is 2.53 bits per heavy atom. The van der Waals surface area contributed by atoms with E-state index in [4.69, 9.17) is 0 Å². The second kappa shape index (κ2) is 7.12. The van der Waals surface area contributed by atoms with Crippen LogP contribution in [0.25, 0.3) is 0 Å². The molecule has 0 radical (unpaired) electrons. The smallest absolute Gasteiger partial charge is 0.191 e. The molecule has 0 amide bonds. The highest BCUT2D eigenvalue weighted by atomic mass is 19.1. The molecule has 1 rings (SSSR count). The molecule has 1 aromatic carbocycles. The van der Waals surface area contributed by atoms with Crippen LogP contribution >= 0.6 is 0 Å². The van der Waals surface area contributed by atoms with Crippen LogP contribution in [0.2, 0.25) is 0 Å². The van der Waals surface area contributed by atoms with Gasteiger partial charge in [0.05, 0.1) is 0 Å². The third-order valence-electron chi connectivity index (χ3n) is 3.07. The minimum atomic E-state index is -0.296. The van der Waals surface area contributed by atoms with Crippen LogP contribution in [0.4, 0.5) is 4.39 Å². The first-order valence-electron chi connectivity index (χ1n) is 6.70. The van der Waals surface area contributed by atoms with Gasteiger partial charge in [-0.1, -0.05) is 39.0 Å². The maximum atomic E-state index is 13.8. The summed E-state index contributed by atoms with van der Waals surface area (Å²) >= 11 is 0. The Morgan fingerprint density at radius 1 is 1.26 bits per heavy atom. The molecule has 2 N–H and O–H groups in total. The molecular formula is C15H24FN3. The van der Waals surface area contributed by atoms with E-state index in [2.05, 4.69) is 22.5 Å². The lowest BCUT2D eigenvalue weighted by atomic mass is 9.84. The molecule has 4 heteroatoms. The van der Waals surface area contributed by atoms with Crippen molar-refractivity contribution in [1.29, 1.82) is 0 Å². The van der Waals surface area contributed by atoms with Gasteiger partial charge in [0.1, 0.15) is 5.82 Å². The molecule has 0 bridgehead atoms. The van der Waals surface area contributed by atoms with Crippen LogP contribution in [-0.2, 0) is 5.41 Å². The zero-order valence-corrected chi connectivity index (χ0v) is 12.3. The largest absolute Gasteiger partial charge is 0.356 e. The van der Waals surface area contributed by atoms with Crippen molar-refractivity contribution >= 4 is 5.96 Å². The highest BCUT2D eigenvalue weighted by molar-refractivity contribution is 5.79. The van der Waals surface area contributed by atoms with Crippen molar-refractivity contribution in [2.45, 2.75) is 32.6 Å². The van der Waals surface area contributed by atoms with E-state index in [0.29, 0.717) is 12.1 Å². The molecule has 0 aromatic heterocycles. The lowest BCUT2D eigenvalue weighted by molar-refractivity contribution is 0.473. The molecule has 3 nitrogen and oxygen atoms in total. The van der Waals surface area contributed by atoms with Crippen molar-refractivity contribution < 1.29 is 4.39 Å². The SMILES string of the molecule is CCCNC(=NC)NCC(C)(C)c1ccccc1F. The summed E-state index contributed by atoms with van der Waals surface area (Å²) < 4.78 is 13.8. The second-order valence-electron chi connectivity index (χ2n) is 5.22. The van der Waals surface area contributed by atoms with Crippen LogP contribution in [0.5, 0.6) is 0 Å². The van der Waals surface area contributed by atoms with Crippen molar-refractivity contribution in [2.75, 3.05) is 20.1 Å². The van der Waals surface area contributed by atoms with Crippen molar-refractivity contribution in [3.63, 3.8) is 0 Å². The third-order valence-corrected chi connectivity index (χ3v) is 3.07. The zero-order chi connectivity index (χ0) is 14.3. The molecule has 0 spiro atoms. The van der Waals surface area contributed by atoms with E-state index in [1.807, 2.05) is 26.0 Å². The molecular weight excluding hydrogens is 241 g/mol. The summed E-state index contributed by atoms with van der Waals surface area (Å²) in [6, 6.07) is 6.91. The van der Waals surface area contributed by atoms with Crippen molar-refractivity contribution in [2.24, 2.45) is 4.99 Å². The van der Waals surface area contributed by atoms with E-state index >= 15 is 0 Å². The predicted octanol–water partition coefficient (Wildman–Crippen LogP) is 2.68. The number of hydrogen-bond donors (Lipinski definition) is 2. The molecule has 19 heavy (non-hydrogen) atoms. The van der Waals surface area contributed by atoms with Crippen molar-refractivity contribution in [3.8, 4) is 0 Å². The van der Waals surface area contributed by atoms with Gasteiger partial charge in [-0.15, -0.1) is 0 Å². The number of nitrogens with zero attached hydrogens (tertiary/aromatic N) is 1. The second-order valence-corrected chi connectivity index (χ2v) is 5.22. The minimum Gasteiger partial charge on any atom is -0.356 e. The fourth-order valence-corrected chi connectivity index (χ4v) is 1.87. The Hall–Kier alpha value is -1.58. The van der Waals surface area contributed by atoms with E-state index in [0.717, 1.165) is 18.9 Å². The minimum absolute atomic E-state index is 0.161. The van der Waals surface area contributed by atoms with Gasteiger partial charge in [-0.05, 0) is 18.1 Å². The Balaban J connectivity index is 2.67. The molecule has 0 aliphatic rings. The fourth-order valence-electron chi connectivity index (χ4n) is 1.87. The lowest BCUT2D eigenvalue weighted by Crippen LogP contribution is -2.43. The maximum absolute atomic E-state index is 13.8. The molecule has 1 aromatic rings. The van der Waals surface area contributed by atoms with Crippen LogP contribution < -0.4 is 10.6 Å². The standard InChI is InChI=1S/C15H24FN3/c1-5-10-18-14(17-4)19-11-15(2,3)12-8-6-7-9-13(12)16/h6-9H,5,10-11H2,1-4H3,(H2,17,18,19). The van der Waals surface area contributed by atoms with Crippen molar-refractivity contribution in [3.05, 3.63) is 35.6 Å². The van der Waals surface area contributed by atoms with Crippen LogP contribution in [0.1, 0.15) is 32.8 Å². The van der Waals surface area contributed by atoms with E-state index in [-0.39, 0.29) is 11.2 Å². The van der Waals surface area contributed by atoms with E-state index in [9.17, 15) is 4.39 Å². The Kier molecular flexibility index (Phi) is 5.80. The monoisotopic (exact) mass is 265 g/mol. The van der Waals surface area contributed by atoms with Gasteiger partial charge in [0.15, 0.2) is 5.96 Å². The Morgan fingerprint density at radius 2 is 1.95 bits per heavy atom. The van der Waals surface area contributed by atoms with Crippen LogP contribution in [0.3, 0.4) is 0 Å². The number of rotatable bonds is 5. The fraction of sp³-hybridized carbons (Fsp3) is 0.533. The molecule has 0 heterocycles. The summed E-state index contributed by atoms with van der Waals surface area (Å²) in [5, 5.41) is 6.45. The average molecular weight is 265 g/mol. The van der Waals surface area contributed by atoms with Gasteiger partial charge in [-0.2, -0.15) is 0 Å². The van der Waals surface area contributed by atoms with Crippen molar-refractivity contribution in [1.82, 2.24) is 10.6 Å². The number of halogens is 1. The number of hydrogen-bond acceptors (Lipinski definition) is 1. The highest BCUT2D eigenvalue weighted by Gasteiger charge is 2.23. The Labute approximate surface area is 115 Å². The number of benzene rings is 1. The molecule has 106 valence electrons. The quantitative estimate of drug-likeness (QED) is 0.634. The first-order chi connectivity index (χ1) is 9.01. The van der Waals surface area contributed by atoms with E-state index in [1.54, 1.807) is 13.1 Å². The molecule has 0 unspecified atom stereocenters. The van der Waals surface area contributed by atoms with Crippen LogP contribution in [-0.4, -0.2) is 26.1 Å². The van der Waals surface area contributed by atoms with Gasteiger partial charge < -0.3 is 10.6 Å². The average Bonchev–Trinajstić information content (AvgIpc) is 2.39. The normalized spacial score (nSPS) is 12.4.